The average molecular weight is 125 g/mol. The van der Waals surface area contributed by atoms with Crippen LogP contribution in [-0.2, 0) is 0 Å². The molecule has 1 heteroatoms. The van der Waals surface area contributed by atoms with Crippen molar-refractivity contribution in [1.82, 2.24) is 0 Å². The topological polar surface area (TPSA) is 26.0 Å². The molecule has 0 amide bonds. The van der Waals surface area contributed by atoms with Crippen LogP contribution in [0, 0.1) is 0 Å². The SMILES string of the molecule is C.CN.c1ccccc1. The lowest BCUT2D eigenvalue weighted by Crippen LogP contribution is -1.69. The minimum absolute atomic E-state index is 0. The smallest absolute Gasteiger partial charge is 0.0195 e. The molecule has 1 rings (SSSR count). The Balaban J connectivity index is 0. The molecule has 0 radical (unpaired) electrons. The van der Waals surface area contributed by atoms with Crippen LogP contribution in [0.4, 0.5) is 0 Å². The van der Waals surface area contributed by atoms with Gasteiger partial charge in [-0.15, -0.1) is 0 Å². The Morgan fingerprint density at radius 2 is 0.778 bits per heavy atom. The summed E-state index contributed by atoms with van der Waals surface area (Å²) in [5, 5.41) is 0. The third-order valence-corrected chi connectivity index (χ3v) is 0.667. The van der Waals surface area contributed by atoms with Crippen molar-refractivity contribution in [3.8, 4) is 0 Å². The van der Waals surface area contributed by atoms with E-state index in [1.807, 2.05) is 36.4 Å². The van der Waals surface area contributed by atoms with Gasteiger partial charge in [0.25, 0.3) is 0 Å². The number of rotatable bonds is 0. The van der Waals surface area contributed by atoms with E-state index in [0.717, 1.165) is 0 Å². The van der Waals surface area contributed by atoms with Crippen molar-refractivity contribution >= 4 is 0 Å². The minimum atomic E-state index is 0. The molecule has 1 aromatic carbocycles. The fraction of sp³-hybridized carbons (Fsp3) is 0.250. The van der Waals surface area contributed by atoms with E-state index in [4.69, 9.17) is 0 Å². The predicted octanol–water partition coefficient (Wildman–Crippen LogP) is 1.90. The number of benzene rings is 1. The van der Waals surface area contributed by atoms with Gasteiger partial charge in [0.2, 0.25) is 0 Å². The summed E-state index contributed by atoms with van der Waals surface area (Å²) in [4.78, 5) is 0. The molecule has 9 heavy (non-hydrogen) atoms. The van der Waals surface area contributed by atoms with Gasteiger partial charge in [-0.3, -0.25) is 0 Å². The fourth-order valence-corrected chi connectivity index (χ4v) is 0.385. The summed E-state index contributed by atoms with van der Waals surface area (Å²) < 4.78 is 0. The lowest BCUT2D eigenvalue weighted by molar-refractivity contribution is 1.48. The van der Waals surface area contributed by atoms with Gasteiger partial charge < -0.3 is 5.73 Å². The molecule has 0 aliphatic heterocycles. The molecule has 52 valence electrons. The van der Waals surface area contributed by atoms with Crippen LogP contribution in [0.1, 0.15) is 7.43 Å². The molecule has 0 fully saturated rings. The summed E-state index contributed by atoms with van der Waals surface area (Å²) in [6.07, 6.45) is 0. The first kappa shape index (κ1) is 11.0. The van der Waals surface area contributed by atoms with Gasteiger partial charge >= 0.3 is 0 Å². The van der Waals surface area contributed by atoms with E-state index >= 15 is 0 Å². The molecular weight excluding hydrogens is 110 g/mol. The Labute approximate surface area is 57.5 Å². The van der Waals surface area contributed by atoms with E-state index in [1.165, 1.54) is 7.05 Å². The Hall–Kier alpha value is -0.820. The molecule has 0 saturated heterocycles. The van der Waals surface area contributed by atoms with Crippen LogP contribution in [-0.4, -0.2) is 7.05 Å². The lowest BCUT2D eigenvalue weighted by Gasteiger charge is -1.69. The molecule has 0 aliphatic rings. The van der Waals surface area contributed by atoms with Crippen LogP contribution in [0.5, 0.6) is 0 Å². The highest BCUT2D eigenvalue weighted by Gasteiger charge is 1.57. The maximum atomic E-state index is 4.50. The van der Waals surface area contributed by atoms with Gasteiger partial charge in [-0.2, -0.15) is 0 Å². The van der Waals surface area contributed by atoms with Crippen LogP contribution in [0.25, 0.3) is 0 Å². The van der Waals surface area contributed by atoms with Gasteiger partial charge in [-0.1, -0.05) is 43.8 Å². The first-order chi connectivity index (χ1) is 4.00. The second kappa shape index (κ2) is 10.2. The van der Waals surface area contributed by atoms with Gasteiger partial charge in [-0.05, 0) is 7.05 Å². The maximum Gasteiger partial charge on any atom is -0.0195 e. The summed E-state index contributed by atoms with van der Waals surface area (Å²) >= 11 is 0. The highest BCUT2D eigenvalue weighted by Crippen LogP contribution is 1.79. The summed E-state index contributed by atoms with van der Waals surface area (Å²) in [7, 11) is 1.50. The average Bonchev–Trinajstić information content (AvgIpc) is 1.96. The monoisotopic (exact) mass is 125 g/mol. The van der Waals surface area contributed by atoms with Gasteiger partial charge in [0.1, 0.15) is 0 Å². The van der Waals surface area contributed by atoms with Crippen molar-refractivity contribution in [1.29, 1.82) is 0 Å². The van der Waals surface area contributed by atoms with Gasteiger partial charge in [-0.25, -0.2) is 0 Å². The van der Waals surface area contributed by atoms with Crippen molar-refractivity contribution in [3.05, 3.63) is 36.4 Å². The first-order valence-corrected chi connectivity index (χ1v) is 2.58. The molecule has 0 atom stereocenters. The van der Waals surface area contributed by atoms with E-state index < -0.39 is 0 Å². The Kier molecular flexibility index (Phi) is 12.5. The molecule has 0 spiro atoms. The fourth-order valence-electron chi connectivity index (χ4n) is 0.385. The number of hydrogen-bond acceptors (Lipinski definition) is 1. The molecule has 0 unspecified atom stereocenters. The quantitative estimate of drug-likeness (QED) is 0.563. The summed E-state index contributed by atoms with van der Waals surface area (Å²) in [6.45, 7) is 0. The highest BCUT2D eigenvalue weighted by molar-refractivity contribution is 4.99. The van der Waals surface area contributed by atoms with Crippen LogP contribution >= 0.6 is 0 Å². The second-order valence-electron chi connectivity index (χ2n) is 1.15. The van der Waals surface area contributed by atoms with Crippen molar-refractivity contribution in [3.63, 3.8) is 0 Å². The maximum absolute atomic E-state index is 4.50. The number of hydrogen-bond donors (Lipinski definition) is 1. The van der Waals surface area contributed by atoms with E-state index in [0.29, 0.717) is 0 Å². The van der Waals surface area contributed by atoms with Crippen LogP contribution in [0.3, 0.4) is 0 Å². The molecule has 0 aliphatic carbocycles. The summed E-state index contributed by atoms with van der Waals surface area (Å²) in [5.41, 5.74) is 4.50. The first-order valence-electron chi connectivity index (χ1n) is 2.58. The zero-order valence-electron chi connectivity index (χ0n) is 5.04. The molecular formula is C8H15N. The van der Waals surface area contributed by atoms with Crippen molar-refractivity contribution < 1.29 is 0 Å². The third-order valence-electron chi connectivity index (χ3n) is 0.667. The van der Waals surface area contributed by atoms with Gasteiger partial charge in [0.15, 0.2) is 0 Å². The normalized spacial score (nSPS) is 6.00. The Morgan fingerprint density at radius 1 is 0.667 bits per heavy atom. The zero-order valence-corrected chi connectivity index (χ0v) is 5.04. The van der Waals surface area contributed by atoms with Crippen molar-refractivity contribution in [2.45, 2.75) is 7.43 Å². The van der Waals surface area contributed by atoms with Crippen LogP contribution in [0.15, 0.2) is 36.4 Å². The van der Waals surface area contributed by atoms with E-state index in [2.05, 4.69) is 5.73 Å². The number of nitrogens with two attached hydrogens (primary N) is 1. The molecule has 1 nitrogen and oxygen atoms in total. The van der Waals surface area contributed by atoms with Gasteiger partial charge in [0, 0.05) is 0 Å². The van der Waals surface area contributed by atoms with E-state index in [-0.39, 0.29) is 7.43 Å². The molecule has 0 heterocycles. The van der Waals surface area contributed by atoms with Gasteiger partial charge in [0.05, 0.1) is 0 Å². The largest absolute Gasteiger partial charge is 0.333 e. The molecule has 1 aromatic rings. The Morgan fingerprint density at radius 3 is 0.889 bits per heavy atom. The van der Waals surface area contributed by atoms with Crippen molar-refractivity contribution in [2.75, 3.05) is 7.05 Å². The highest BCUT2D eigenvalue weighted by atomic mass is 14.4. The second-order valence-corrected chi connectivity index (χ2v) is 1.15. The van der Waals surface area contributed by atoms with Crippen molar-refractivity contribution in [2.24, 2.45) is 5.73 Å². The van der Waals surface area contributed by atoms with Crippen LogP contribution < -0.4 is 5.73 Å². The molecule has 0 bridgehead atoms. The molecule has 2 N–H and O–H groups in total. The minimum Gasteiger partial charge on any atom is -0.333 e. The Bertz CT molecular complexity index is 76.5. The van der Waals surface area contributed by atoms with E-state index in [1.54, 1.807) is 0 Å². The summed E-state index contributed by atoms with van der Waals surface area (Å²) in [6, 6.07) is 12.0. The molecule has 0 saturated carbocycles. The van der Waals surface area contributed by atoms with E-state index in [9.17, 15) is 0 Å². The van der Waals surface area contributed by atoms with Crippen LogP contribution in [0.2, 0.25) is 0 Å². The lowest BCUT2D eigenvalue weighted by atomic mass is 10.4. The molecule has 0 aromatic heterocycles. The standard InChI is InChI=1S/C6H6.CH5N.CH4/c1-2-4-6-5-3-1;1-2;/h1-6H;2H2,1H3;1H4. The predicted molar refractivity (Wildman–Crippen MR) is 43.3 cm³/mol. The third kappa shape index (κ3) is 7.18. The summed E-state index contributed by atoms with van der Waals surface area (Å²) in [5.74, 6) is 0. The zero-order chi connectivity index (χ0) is 6.24.